The lowest BCUT2D eigenvalue weighted by atomic mass is 9.92. The average molecular weight is 312 g/mol. The minimum Gasteiger partial charge on any atom is -0.463 e. The third kappa shape index (κ3) is 3.96. The maximum Gasteiger partial charge on any atom is 0.330 e. The van der Waals surface area contributed by atoms with Crippen molar-refractivity contribution in [1.29, 1.82) is 0 Å². The van der Waals surface area contributed by atoms with Crippen LogP contribution in [0.3, 0.4) is 0 Å². The third-order valence-corrected chi connectivity index (χ3v) is 9.30. The summed E-state index contributed by atoms with van der Waals surface area (Å²) >= 11 is 0. The normalized spacial score (nSPS) is 31.0. The maximum atomic E-state index is 11.6. The Kier molecular flexibility index (Phi) is 4.66. The van der Waals surface area contributed by atoms with E-state index in [1.54, 1.807) is 6.08 Å². The van der Waals surface area contributed by atoms with Gasteiger partial charge in [0.25, 0.3) is 0 Å². The van der Waals surface area contributed by atoms with E-state index in [9.17, 15) is 4.79 Å². The van der Waals surface area contributed by atoms with Crippen molar-refractivity contribution >= 4 is 14.3 Å². The molecule has 0 aromatic heterocycles. The van der Waals surface area contributed by atoms with Crippen LogP contribution in [0, 0.1) is 0 Å². The zero-order valence-electron chi connectivity index (χ0n) is 14.1. The smallest absolute Gasteiger partial charge is 0.330 e. The molecule has 2 rings (SSSR count). The summed E-state index contributed by atoms with van der Waals surface area (Å²) in [4.78, 5) is 11.6. The summed E-state index contributed by atoms with van der Waals surface area (Å²) in [6.07, 6.45) is 3.84. The molecule has 2 aliphatic rings. The fourth-order valence-corrected chi connectivity index (χ4v) is 3.90. The van der Waals surface area contributed by atoms with Crippen molar-refractivity contribution < 1.29 is 18.7 Å². The van der Waals surface area contributed by atoms with E-state index in [1.807, 2.05) is 6.92 Å². The second-order valence-electron chi connectivity index (χ2n) is 7.51. The molecule has 1 heterocycles. The van der Waals surface area contributed by atoms with Crippen LogP contribution in [0.4, 0.5) is 0 Å². The van der Waals surface area contributed by atoms with Crippen LogP contribution in [-0.2, 0) is 18.7 Å². The Bertz CT molecular complexity index is 436. The highest BCUT2D eigenvalue weighted by Gasteiger charge is 2.50. The number of carbonyl (C=O) groups excluding carboxylic acids is 1. The van der Waals surface area contributed by atoms with Gasteiger partial charge in [0.1, 0.15) is 6.10 Å². The van der Waals surface area contributed by atoms with Crippen molar-refractivity contribution in [2.75, 3.05) is 6.61 Å². The van der Waals surface area contributed by atoms with Crippen molar-refractivity contribution in [2.24, 2.45) is 0 Å². The van der Waals surface area contributed by atoms with Gasteiger partial charge in [-0.25, -0.2) is 4.79 Å². The standard InChI is InChI=1S/C16H28O4Si/c1-7-18-14(17)9-11-8-12(10-13-15(11)19-13)20-21(5,6)16(2,3)4/h9,12-13,15H,7-8,10H2,1-6H3/b11-9+/t12-,13+,15-/m1/s1. The van der Waals surface area contributed by atoms with E-state index in [-0.39, 0.29) is 29.3 Å². The van der Waals surface area contributed by atoms with Crippen LogP contribution in [0.5, 0.6) is 0 Å². The second kappa shape index (κ2) is 5.86. The Balaban J connectivity index is 2.02. The molecule has 5 heteroatoms. The van der Waals surface area contributed by atoms with Gasteiger partial charge in [-0.05, 0) is 37.0 Å². The molecule has 21 heavy (non-hydrogen) atoms. The lowest BCUT2D eigenvalue weighted by molar-refractivity contribution is -0.137. The summed E-state index contributed by atoms with van der Waals surface area (Å²) < 4.78 is 17.1. The molecule has 4 nitrogen and oxygen atoms in total. The predicted octanol–water partition coefficient (Wildman–Crippen LogP) is 3.43. The first-order chi connectivity index (χ1) is 9.64. The fraction of sp³-hybridized carbons (Fsp3) is 0.812. The van der Waals surface area contributed by atoms with Crippen LogP contribution in [0.2, 0.25) is 18.1 Å². The van der Waals surface area contributed by atoms with Crippen molar-refractivity contribution in [3.8, 4) is 0 Å². The topological polar surface area (TPSA) is 48.1 Å². The van der Waals surface area contributed by atoms with Crippen molar-refractivity contribution in [3.05, 3.63) is 11.6 Å². The second-order valence-corrected chi connectivity index (χ2v) is 12.3. The molecule has 1 aliphatic heterocycles. The van der Waals surface area contributed by atoms with E-state index in [4.69, 9.17) is 13.9 Å². The van der Waals surface area contributed by atoms with Gasteiger partial charge in [0.05, 0.1) is 18.8 Å². The lowest BCUT2D eigenvalue weighted by Crippen LogP contribution is -2.45. The average Bonchev–Trinajstić information content (AvgIpc) is 3.06. The highest BCUT2D eigenvalue weighted by Crippen LogP contribution is 2.45. The van der Waals surface area contributed by atoms with E-state index in [0.29, 0.717) is 6.61 Å². The van der Waals surface area contributed by atoms with Crippen LogP contribution in [-0.4, -0.2) is 39.2 Å². The molecule has 0 radical (unpaired) electrons. The van der Waals surface area contributed by atoms with Gasteiger partial charge in [0, 0.05) is 12.5 Å². The highest BCUT2D eigenvalue weighted by molar-refractivity contribution is 6.74. The number of epoxide rings is 1. The summed E-state index contributed by atoms with van der Waals surface area (Å²) in [6.45, 7) is 13.5. The maximum absolute atomic E-state index is 11.6. The van der Waals surface area contributed by atoms with Crippen molar-refractivity contribution in [1.82, 2.24) is 0 Å². The molecule has 1 saturated carbocycles. The van der Waals surface area contributed by atoms with Crippen LogP contribution >= 0.6 is 0 Å². The van der Waals surface area contributed by atoms with E-state index in [2.05, 4.69) is 33.9 Å². The quantitative estimate of drug-likeness (QED) is 0.345. The zero-order chi connectivity index (χ0) is 15.8. The van der Waals surface area contributed by atoms with Gasteiger partial charge in [0.2, 0.25) is 0 Å². The number of rotatable bonds is 4. The molecule has 1 saturated heterocycles. The molecule has 3 atom stereocenters. The molecule has 0 aromatic rings. The minimum atomic E-state index is -1.79. The number of esters is 1. The molecule has 120 valence electrons. The molecular weight excluding hydrogens is 284 g/mol. The molecule has 0 amide bonds. The molecule has 0 aromatic carbocycles. The molecule has 2 fully saturated rings. The molecule has 0 spiro atoms. The van der Waals surface area contributed by atoms with Gasteiger partial charge in [-0.15, -0.1) is 0 Å². The number of hydrogen-bond acceptors (Lipinski definition) is 4. The Morgan fingerprint density at radius 2 is 2.10 bits per heavy atom. The first-order valence-corrected chi connectivity index (χ1v) is 10.8. The largest absolute Gasteiger partial charge is 0.463 e. The SMILES string of the molecule is CCOC(=O)/C=C1\C[C@@H](O[Si](C)(C)C(C)(C)C)C[C@@H]2O[C@H]12. The van der Waals surface area contributed by atoms with Crippen LogP contribution in [0.1, 0.15) is 40.5 Å². The van der Waals surface area contributed by atoms with Gasteiger partial charge in [-0.1, -0.05) is 20.8 Å². The zero-order valence-corrected chi connectivity index (χ0v) is 15.1. The van der Waals surface area contributed by atoms with Crippen LogP contribution in [0.15, 0.2) is 11.6 Å². The molecule has 0 N–H and O–H groups in total. The molecular formula is C16H28O4Si. The molecule has 1 aliphatic carbocycles. The first kappa shape index (κ1) is 16.7. The number of fused-ring (bicyclic) bond motifs is 1. The Morgan fingerprint density at radius 1 is 1.43 bits per heavy atom. The van der Waals surface area contributed by atoms with E-state index >= 15 is 0 Å². The monoisotopic (exact) mass is 312 g/mol. The third-order valence-electron chi connectivity index (χ3n) is 4.76. The van der Waals surface area contributed by atoms with Crippen LogP contribution in [0.25, 0.3) is 0 Å². The van der Waals surface area contributed by atoms with E-state index < -0.39 is 8.32 Å². The van der Waals surface area contributed by atoms with Gasteiger partial charge in [-0.3, -0.25) is 0 Å². The lowest BCUT2D eigenvalue weighted by Gasteiger charge is -2.40. The van der Waals surface area contributed by atoms with Crippen molar-refractivity contribution in [3.63, 3.8) is 0 Å². The van der Waals surface area contributed by atoms with Gasteiger partial charge in [-0.2, -0.15) is 0 Å². The van der Waals surface area contributed by atoms with Crippen molar-refractivity contribution in [2.45, 2.75) is 77.0 Å². The minimum absolute atomic E-state index is 0.119. The number of carbonyl (C=O) groups is 1. The summed E-state index contributed by atoms with van der Waals surface area (Å²) in [5.41, 5.74) is 1.04. The van der Waals surface area contributed by atoms with E-state index in [0.717, 1.165) is 18.4 Å². The Labute approximate surface area is 129 Å². The van der Waals surface area contributed by atoms with Crippen LogP contribution < -0.4 is 0 Å². The molecule has 0 bridgehead atoms. The number of hydrogen-bond donors (Lipinski definition) is 0. The van der Waals surface area contributed by atoms with Gasteiger partial charge >= 0.3 is 5.97 Å². The summed E-state index contributed by atoms with van der Waals surface area (Å²) in [7, 11) is -1.79. The Morgan fingerprint density at radius 3 is 2.67 bits per heavy atom. The highest BCUT2D eigenvalue weighted by atomic mass is 28.4. The summed E-state index contributed by atoms with van der Waals surface area (Å²) in [5.74, 6) is -0.269. The first-order valence-electron chi connectivity index (χ1n) is 7.84. The predicted molar refractivity (Wildman–Crippen MR) is 84.7 cm³/mol. The van der Waals surface area contributed by atoms with Gasteiger partial charge < -0.3 is 13.9 Å². The number of ether oxygens (including phenoxy) is 2. The van der Waals surface area contributed by atoms with Gasteiger partial charge in [0.15, 0.2) is 8.32 Å². The van der Waals surface area contributed by atoms with E-state index in [1.165, 1.54) is 0 Å². The molecule has 0 unspecified atom stereocenters. The summed E-state index contributed by atoms with van der Waals surface area (Å²) in [6, 6.07) is 0. The Hall–Kier alpha value is -0.653. The fourth-order valence-electron chi connectivity index (χ4n) is 2.53. The summed E-state index contributed by atoms with van der Waals surface area (Å²) in [5, 5.41) is 0.194.